The highest BCUT2D eigenvalue weighted by molar-refractivity contribution is 9.10. The third-order valence-corrected chi connectivity index (χ3v) is 3.91. The summed E-state index contributed by atoms with van der Waals surface area (Å²) in [5, 5.41) is 2.79. The van der Waals surface area contributed by atoms with E-state index in [1.165, 1.54) is 6.92 Å². The highest BCUT2D eigenvalue weighted by Gasteiger charge is 2.23. The lowest BCUT2D eigenvalue weighted by molar-refractivity contribution is -0.117. The van der Waals surface area contributed by atoms with Crippen molar-refractivity contribution in [2.45, 2.75) is 6.92 Å². The lowest BCUT2D eigenvalue weighted by atomic mass is 10.2. The molecule has 22 heavy (non-hydrogen) atoms. The van der Waals surface area contributed by atoms with Gasteiger partial charge >= 0.3 is 0 Å². The summed E-state index contributed by atoms with van der Waals surface area (Å²) >= 11 is 4.51. The topological polar surface area (TPSA) is 67.8 Å². The number of amidine groups is 1. The zero-order valence-electron chi connectivity index (χ0n) is 11.8. The molecule has 2 amide bonds. The molecule has 0 atom stereocenters. The van der Waals surface area contributed by atoms with Gasteiger partial charge in [-0.05, 0) is 36.0 Å². The number of rotatable bonds is 4. The van der Waals surface area contributed by atoms with E-state index in [2.05, 4.69) is 32.8 Å². The highest BCUT2D eigenvalue weighted by Crippen LogP contribution is 2.31. The van der Waals surface area contributed by atoms with E-state index in [1.54, 1.807) is 18.2 Å². The van der Waals surface area contributed by atoms with Gasteiger partial charge in [0, 0.05) is 17.0 Å². The van der Waals surface area contributed by atoms with Gasteiger partial charge in [0.05, 0.1) is 4.91 Å². The summed E-state index contributed by atoms with van der Waals surface area (Å²) < 4.78 is 6.43. The molecular weight excluding hydrogens is 368 g/mol. The number of carbonyl (C=O) groups excluding carboxylic acids is 2. The van der Waals surface area contributed by atoms with Crippen LogP contribution in [0.2, 0.25) is 0 Å². The van der Waals surface area contributed by atoms with Crippen molar-refractivity contribution in [2.75, 3.05) is 6.61 Å². The number of halogens is 1. The molecule has 1 heterocycles. The SMILES string of the molecule is C=CCOc1ccc(Br)cc1/C=C1/SC(NC(C)=O)=NC1=O. The molecule has 0 bridgehead atoms. The first-order chi connectivity index (χ1) is 10.5. The Morgan fingerprint density at radius 3 is 3.00 bits per heavy atom. The average Bonchev–Trinajstić information content (AvgIpc) is 2.77. The van der Waals surface area contributed by atoms with Crippen molar-refractivity contribution >= 4 is 50.7 Å². The minimum absolute atomic E-state index is 0.266. The van der Waals surface area contributed by atoms with Crippen LogP contribution in [0, 0.1) is 0 Å². The summed E-state index contributed by atoms with van der Waals surface area (Å²) in [6.07, 6.45) is 3.33. The average molecular weight is 381 g/mol. The molecule has 1 aliphatic heterocycles. The Morgan fingerprint density at radius 1 is 1.55 bits per heavy atom. The van der Waals surface area contributed by atoms with Crippen LogP contribution in [-0.2, 0) is 9.59 Å². The molecule has 1 aromatic carbocycles. The number of amides is 2. The zero-order valence-corrected chi connectivity index (χ0v) is 14.2. The Labute approximate surface area is 140 Å². The van der Waals surface area contributed by atoms with Gasteiger partial charge in [-0.1, -0.05) is 28.6 Å². The van der Waals surface area contributed by atoms with Gasteiger partial charge in [-0.25, -0.2) is 0 Å². The van der Waals surface area contributed by atoms with Gasteiger partial charge in [-0.3, -0.25) is 9.59 Å². The van der Waals surface area contributed by atoms with Gasteiger partial charge in [0.2, 0.25) is 5.91 Å². The second kappa shape index (κ2) is 7.42. The highest BCUT2D eigenvalue weighted by atomic mass is 79.9. The maximum Gasteiger partial charge on any atom is 0.286 e. The molecule has 7 heteroatoms. The Bertz CT molecular complexity index is 698. The molecule has 5 nitrogen and oxygen atoms in total. The summed E-state index contributed by atoms with van der Waals surface area (Å²) in [6, 6.07) is 5.50. The third-order valence-electron chi connectivity index (χ3n) is 2.52. The molecule has 0 aliphatic carbocycles. The fourth-order valence-electron chi connectivity index (χ4n) is 1.67. The number of nitrogens with zero attached hydrogens (tertiary/aromatic N) is 1. The molecule has 0 unspecified atom stereocenters. The Kier molecular flexibility index (Phi) is 5.57. The number of benzene rings is 1. The number of carbonyl (C=O) groups is 2. The molecule has 1 aliphatic rings. The molecule has 2 rings (SSSR count). The van der Waals surface area contributed by atoms with Crippen molar-refractivity contribution in [1.82, 2.24) is 5.32 Å². The van der Waals surface area contributed by atoms with E-state index in [-0.39, 0.29) is 17.0 Å². The van der Waals surface area contributed by atoms with Crippen LogP contribution in [-0.4, -0.2) is 23.6 Å². The maximum absolute atomic E-state index is 11.9. The number of ether oxygens (including phenoxy) is 1. The van der Waals surface area contributed by atoms with Crippen molar-refractivity contribution in [3.05, 3.63) is 45.8 Å². The number of thioether (sulfide) groups is 1. The van der Waals surface area contributed by atoms with Gasteiger partial charge < -0.3 is 10.1 Å². The Hall–Kier alpha value is -1.86. The largest absolute Gasteiger partial charge is 0.489 e. The number of hydrogen-bond donors (Lipinski definition) is 1. The van der Waals surface area contributed by atoms with Crippen LogP contribution in [0.4, 0.5) is 0 Å². The first kappa shape index (κ1) is 16.5. The molecule has 1 N–H and O–H groups in total. The molecule has 114 valence electrons. The lowest BCUT2D eigenvalue weighted by Crippen LogP contribution is -2.23. The normalized spacial score (nSPS) is 15.6. The lowest BCUT2D eigenvalue weighted by Gasteiger charge is -2.08. The maximum atomic E-state index is 11.9. The second-order valence-corrected chi connectivity index (χ2v) is 6.24. The minimum atomic E-state index is -0.386. The fraction of sp³-hybridized carbons (Fsp3) is 0.133. The molecule has 0 radical (unpaired) electrons. The monoisotopic (exact) mass is 380 g/mol. The number of nitrogens with one attached hydrogen (secondary N) is 1. The van der Waals surface area contributed by atoms with Gasteiger partial charge in [-0.2, -0.15) is 4.99 Å². The van der Waals surface area contributed by atoms with Crippen LogP contribution in [0.15, 0.2) is 45.2 Å². The van der Waals surface area contributed by atoms with E-state index in [0.717, 1.165) is 21.8 Å². The van der Waals surface area contributed by atoms with Crippen LogP contribution < -0.4 is 10.1 Å². The molecule has 0 saturated heterocycles. The summed E-state index contributed by atoms with van der Waals surface area (Å²) in [5.74, 6) is -0.0156. The molecule has 0 saturated carbocycles. The summed E-state index contributed by atoms with van der Waals surface area (Å²) in [7, 11) is 0. The number of aliphatic imine (C=N–C) groups is 1. The molecule has 0 fully saturated rings. The van der Waals surface area contributed by atoms with Crippen LogP contribution in [0.1, 0.15) is 12.5 Å². The Morgan fingerprint density at radius 2 is 2.32 bits per heavy atom. The van der Waals surface area contributed by atoms with Crippen LogP contribution >= 0.6 is 27.7 Å². The standard InChI is InChI=1S/C15H13BrN2O3S/c1-3-6-21-12-5-4-11(16)7-10(12)8-13-14(20)18-15(22-13)17-9(2)19/h3-5,7-8H,1,6H2,2H3,(H,17,18,19,20)/b13-8+. The van der Waals surface area contributed by atoms with Crippen molar-refractivity contribution in [3.63, 3.8) is 0 Å². The molecule has 0 aromatic heterocycles. The quantitative estimate of drug-likeness (QED) is 0.643. The molecule has 0 spiro atoms. The van der Waals surface area contributed by atoms with Crippen LogP contribution in [0.25, 0.3) is 6.08 Å². The van der Waals surface area contributed by atoms with E-state index in [1.807, 2.05) is 12.1 Å². The second-order valence-electron chi connectivity index (χ2n) is 4.30. The van der Waals surface area contributed by atoms with Crippen molar-refractivity contribution in [2.24, 2.45) is 4.99 Å². The van der Waals surface area contributed by atoms with Gasteiger partial charge in [0.15, 0.2) is 5.17 Å². The summed E-state index contributed by atoms with van der Waals surface area (Å²) in [4.78, 5) is 27.1. The van der Waals surface area contributed by atoms with Crippen LogP contribution in [0.5, 0.6) is 5.75 Å². The van der Waals surface area contributed by atoms with Crippen molar-refractivity contribution in [1.29, 1.82) is 0 Å². The molecular formula is C15H13BrN2O3S. The Balaban J connectivity index is 2.26. The first-order valence-corrected chi connectivity index (χ1v) is 7.94. The first-order valence-electron chi connectivity index (χ1n) is 6.33. The third kappa shape index (κ3) is 4.32. The van der Waals surface area contributed by atoms with Gasteiger partial charge in [0.1, 0.15) is 12.4 Å². The van der Waals surface area contributed by atoms with E-state index in [9.17, 15) is 9.59 Å². The molecule has 1 aromatic rings. The minimum Gasteiger partial charge on any atom is -0.489 e. The van der Waals surface area contributed by atoms with Gasteiger partial charge in [0.25, 0.3) is 5.91 Å². The fourth-order valence-corrected chi connectivity index (χ4v) is 2.90. The van der Waals surface area contributed by atoms with E-state index >= 15 is 0 Å². The van der Waals surface area contributed by atoms with Crippen molar-refractivity contribution < 1.29 is 14.3 Å². The van der Waals surface area contributed by atoms with Gasteiger partial charge in [-0.15, -0.1) is 0 Å². The summed E-state index contributed by atoms with van der Waals surface area (Å²) in [5.41, 5.74) is 0.742. The summed E-state index contributed by atoms with van der Waals surface area (Å²) in [6.45, 7) is 5.34. The smallest absolute Gasteiger partial charge is 0.286 e. The number of hydrogen-bond acceptors (Lipinski definition) is 4. The van der Waals surface area contributed by atoms with E-state index in [0.29, 0.717) is 17.3 Å². The van der Waals surface area contributed by atoms with Crippen molar-refractivity contribution in [3.8, 4) is 5.75 Å². The van der Waals surface area contributed by atoms with Crippen LogP contribution in [0.3, 0.4) is 0 Å². The predicted octanol–water partition coefficient (Wildman–Crippen LogP) is 3.12. The van der Waals surface area contributed by atoms with E-state index < -0.39 is 0 Å². The predicted molar refractivity (Wildman–Crippen MR) is 91.7 cm³/mol. The zero-order chi connectivity index (χ0) is 16.1. The van der Waals surface area contributed by atoms with E-state index in [4.69, 9.17) is 4.74 Å².